The molecule has 0 aliphatic rings. The van der Waals surface area contributed by atoms with Gasteiger partial charge in [-0.05, 0) is 17.5 Å². The normalized spacial score (nSPS) is 11.8. The Morgan fingerprint density at radius 3 is 2.52 bits per heavy atom. The van der Waals surface area contributed by atoms with Gasteiger partial charge in [0.15, 0.2) is 12.4 Å². The van der Waals surface area contributed by atoms with Crippen LogP contribution in [0, 0.1) is 0 Å². The van der Waals surface area contributed by atoms with E-state index in [1.807, 2.05) is 0 Å². The van der Waals surface area contributed by atoms with Crippen molar-refractivity contribution in [3.05, 3.63) is 73.1 Å². The Morgan fingerprint density at radius 2 is 1.57 bits per heavy atom. The van der Waals surface area contributed by atoms with Gasteiger partial charge in [0.25, 0.3) is 0 Å². The van der Waals surface area contributed by atoms with Crippen LogP contribution >= 0.6 is 0 Å². The molecule has 5 rings (SSSR count). The molecule has 1 N–H and O–H groups in total. The van der Waals surface area contributed by atoms with E-state index in [1.165, 1.54) is 38.1 Å². The van der Waals surface area contributed by atoms with Crippen LogP contribution in [0.5, 0.6) is 0 Å². The van der Waals surface area contributed by atoms with Crippen LogP contribution in [-0.4, -0.2) is 4.98 Å². The maximum atomic E-state index is 3.56. The van der Waals surface area contributed by atoms with E-state index in [-0.39, 0.29) is 0 Å². The first kappa shape index (κ1) is 10.9. The number of nitrogens with zero attached hydrogens (tertiary/aromatic N) is 1. The monoisotopic (exact) mass is 269 g/mol. The topological polar surface area (TPSA) is 19.9 Å². The molecule has 98 valence electrons. The fourth-order valence-corrected chi connectivity index (χ4v) is 3.22. The second kappa shape index (κ2) is 3.83. The summed E-state index contributed by atoms with van der Waals surface area (Å²) in [5.74, 6) is 0. The van der Waals surface area contributed by atoms with Gasteiger partial charge in [-0.3, -0.25) is 0 Å². The summed E-state index contributed by atoms with van der Waals surface area (Å²) in [7, 11) is 0. The zero-order valence-corrected chi connectivity index (χ0v) is 11.4. The van der Waals surface area contributed by atoms with Crippen molar-refractivity contribution in [2.45, 2.75) is 0 Å². The maximum absolute atomic E-state index is 3.56. The van der Waals surface area contributed by atoms with Gasteiger partial charge in [-0.15, -0.1) is 0 Å². The minimum atomic E-state index is 1.19. The smallest absolute Gasteiger partial charge is 0.235 e. The van der Waals surface area contributed by atoms with Crippen molar-refractivity contribution < 1.29 is 4.40 Å². The van der Waals surface area contributed by atoms with E-state index >= 15 is 0 Å². The van der Waals surface area contributed by atoms with Gasteiger partial charge >= 0.3 is 0 Å². The predicted octanol–water partition coefficient (Wildman–Crippen LogP) is 4.21. The minimum absolute atomic E-state index is 1.19. The van der Waals surface area contributed by atoms with Crippen LogP contribution in [0.1, 0.15) is 0 Å². The number of aromatic nitrogens is 2. The van der Waals surface area contributed by atoms with Gasteiger partial charge in [0, 0.05) is 33.8 Å². The molecule has 0 radical (unpaired) electrons. The van der Waals surface area contributed by atoms with E-state index in [1.54, 1.807) is 0 Å². The third-order valence-corrected chi connectivity index (χ3v) is 4.25. The summed E-state index contributed by atoms with van der Waals surface area (Å²) in [5, 5.41) is 5.08. The third-order valence-electron chi connectivity index (χ3n) is 4.25. The summed E-state index contributed by atoms with van der Waals surface area (Å²) < 4.78 is 2.19. The van der Waals surface area contributed by atoms with Crippen molar-refractivity contribution in [1.29, 1.82) is 0 Å². The number of H-pyrrole nitrogens is 1. The number of benzene rings is 2. The van der Waals surface area contributed by atoms with Crippen LogP contribution in [0.2, 0.25) is 0 Å². The van der Waals surface area contributed by atoms with Crippen molar-refractivity contribution in [2.75, 3.05) is 0 Å². The second-order valence-corrected chi connectivity index (χ2v) is 5.47. The SMILES string of the molecule is c1ccc2c[n+]3ccc4c5ccccc5[nH]c4c3cc2c1. The number of aromatic amines is 1. The van der Waals surface area contributed by atoms with Gasteiger partial charge in [-0.25, -0.2) is 0 Å². The molecular formula is C19H13N2+. The summed E-state index contributed by atoms with van der Waals surface area (Å²) in [6.45, 7) is 0. The number of para-hydroxylation sites is 1. The molecule has 0 unspecified atom stereocenters. The average Bonchev–Trinajstić information content (AvgIpc) is 2.92. The summed E-state index contributed by atoms with van der Waals surface area (Å²) in [6.07, 6.45) is 4.33. The zero-order valence-electron chi connectivity index (χ0n) is 11.4. The quantitative estimate of drug-likeness (QED) is 0.321. The van der Waals surface area contributed by atoms with E-state index in [0.29, 0.717) is 0 Å². The van der Waals surface area contributed by atoms with Crippen LogP contribution in [0.3, 0.4) is 0 Å². The first-order valence-electron chi connectivity index (χ1n) is 7.13. The predicted molar refractivity (Wildman–Crippen MR) is 86.5 cm³/mol. The van der Waals surface area contributed by atoms with Gasteiger partial charge in [-0.2, -0.15) is 4.40 Å². The van der Waals surface area contributed by atoms with E-state index in [0.717, 1.165) is 0 Å². The van der Waals surface area contributed by atoms with Crippen molar-refractivity contribution in [3.63, 3.8) is 0 Å². The Bertz CT molecular complexity index is 1140. The molecule has 0 spiro atoms. The number of hydrogen-bond acceptors (Lipinski definition) is 0. The van der Waals surface area contributed by atoms with E-state index in [4.69, 9.17) is 0 Å². The first-order chi connectivity index (χ1) is 10.4. The molecule has 2 nitrogen and oxygen atoms in total. The van der Waals surface area contributed by atoms with Crippen LogP contribution in [0.15, 0.2) is 73.1 Å². The fourth-order valence-electron chi connectivity index (χ4n) is 3.22. The molecule has 0 fully saturated rings. The standard InChI is InChI=1S/C19H12N2/c1-2-6-14-12-21-10-9-16-15-7-3-4-8-17(15)20-19(16)18(21)11-13(14)5-1/h1-12H/p+1. The molecule has 2 heteroatoms. The van der Waals surface area contributed by atoms with Crippen molar-refractivity contribution >= 4 is 38.1 Å². The van der Waals surface area contributed by atoms with E-state index < -0.39 is 0 Å². The molecule has 5 aromatic rings. The van der Waals surface area contributed by atoms with Crippen LogP contribution < -0.4 is 4.40 Å². The van der Waals surface area contributed by atoms with Gasteiger partial charge in [0.2, 0.25) is 5.52 Å². The summed E-state index contributed by atoms with van der Waals surface area (Å²) in [4.78, 5) is 3.56. The Balaban J connectivity index is 2.05. The molecule has 3 aromatic heterocycles. The lowest BCUT2D eigenvalue weighted by molar-refractivity contribution is -0.509. The molecule has 0 saturated carbocycles. The highest BCUT2D eigenvalue weighted by Gasteiger charge is 2.13. The highest BCUT2D eigenvalue weighted by atomic mass is 14.9. The Morgan fingerprint density at radius 1 is 0.762 bits per heavy atom. The fraction of sp³-hybridized carbons (Fsp3) is 0. The lowest BCUT2D eigenvalue weighted by Gasteiger charge is -1.97. The van der Waals surface area contributed by atoms with Gasteiger partial charge in [-0.1, -0.05) is 36.4 Å². The molecule has 0 atom stereocenters. The highest BCUT2D eigenvalue weighted by Crippen LogP contribution is 2.27. The summed E-state index contributed by atoms with van der Waals surface area (Å²) in [6, 6.07) is 21.4. The molecule has 0 bridgehead atoms. The molecule has 3 heterocycles. The largest absolute Gasteiger partial charge is 0.349 e. The lowest BCUT2D eigenvalue weighted by Crippen LogP contribution is -2.20. The number of fused-ring (bicyclic) bond motifs is 6. The Hall–Kier alpha value is -2.87. The molecular weight excluding hydrogens is 256 g/mol. The Kier molecular flexibility index (Phi) is 1.98. The first-order valence-corrected chi connectivity index (χ1v) is 7.13. The highest BCUT2D eigenvalue weighted by molar-refractivity contribution is 6.11. The van der Waals surface area contributed by atoms with Crippen LogP contribution in [0.4, 0.5) is 0 Å². The lowest BCUT2D eigenvalue weighted by atomic mass is 10.1. The van der Waals surface area contributed by atoms with Crippen molar-refractivity contribution in [2.24, 2.45) is 0 Å². The molecule has 0 aliphatic carbocycles. The van der Waals surface area contributed by atoms with Gasteiger partial charge in [0.1, 0.15) is 5.52 Å². The molecule has 2 aromatic carbocycles. The Labute approximate surface area is 121 Å². The van der Waals surface area contributed by atoms with Gasteiger partial charge < -0.3 is 4.98 Å². The molecule has 0 saturated heterocycles. The minimum Gasteiger partial charge on any atom is -0.349 e. The van der Waals surface area contributed by atoms with Gasteiger partial charge in [0.05, 0.1) is 0 Å². The van der Waals surface area contributed by atoms with E-state index in [9.17, 15) is 0 Å². The van der Waals surface area contributed by atoms with Crippen molar-refractivity contribution in [3.8, 4) is 0 Å². The zero-order chi connectivity index (χ0) is 13.8. The average molecular weight is 269 g/mol. The second-order valence-electron chi connectivity index (χ2n) is 5.47. The van der Waals surface area contributed by atoms with Crippen molar-refractivity contribution in [1.82, 2.24) is 4.98 Å². The third kappa shape index (κ3) is 1.44. The van der Waals surface area contributed by atoms with Crippen LogP contribution in [0.25, 0.3) is 38.1 Å². The molecule has 0 aliphatic heterocycles. The number of rotatable bonds is 0. The number of hydrogen-bond donors (Lipinski definition) is 1. The molecule has 0 amide bonds. The summed E-state index contributed by atoms with van der Waals surface area (Å²) >= 11 is 0. The van der Waals surface area contributed by atoms with Crippen LogP contribution in [-0.2, 0) is 0 Å². The number of pyridine rings is 2. The number of nitrogens with one attached hydrogen (secondary N) is 1. The maximum Gasteiger partial charge on any atom is 0.235 e. The summed E-state index contributed by atoms with van der Waals surface area (Å²) in [5.41, 5.74) is 3.60. The molecule has 21 heavy (non-hydrogen) atoms. The van der Waals surface area contributed by atoms with E-state index in [2.05, 4.69) is 82.4 Å².